The molecule has 0 fully saturated rings. The van der Waals surface area contributed by atoms with Gasteiger partial charge < -0.3 is 14.2 Å². The van der Waals surface area contributed by atoms with Crippen molar-refractivity contribution in [2.75, 3.05) is 13.2 Å². The Morgan fingerprint density at radius 2 is 0.571 bits per heavy atom. The lowest BCUT2D eigenvalue weighted by molar-refractivity contribution is -0.167. The molecule has 0 saturated carbocycles. The smallest absolute Gasteiger partial charge is 0.306 e. The summed E-state index contributed by atoms with van der Waals surface area (Å²) in [6.07, 6.45) is 60.5. The van der Waals surface area contributed by atoms with Crippen LogP contribution in [-0.2, 0) is 28.6 Å². The molecule has 0 amide bonds. The second-order valence-electron chi connectivity index (χ2n) is 18.9. The third kappa shape index (κ3) is 50.7. The Labute approximate surface area is 392 Å². The van der Waals surface area contributed by atoms with Crippen LogP contribution < -0.4 is 0 Å². The van der Waals surface area contributed by atoms with Crippen LogP contribution in [0.15, 0.2) is 24.3 Å². The van der Waals surface area contributed by atoms with Gasteiger partial charge in [-0.3, -0.25) is 14.4 Å². The first-order chi connectivity index (χ1) is 31.0. The molecule has 0 bridgehead atoms. The molecule has 6 heteroatoms. The van der Waals surface area contributed by atoms with Crippen LogP contribution >= 0.6 is 0 Å². The topological polar surface area (TPSA) is 78.9 Å². The molecular formula is C57H106O6. The lowest BCUT2D eigenvalue weighted by Crippen LogP contribution is -2.30. The summed E-state index contributed by atoms with van der Waals surface area (Å²) in [5, 5.41) is 0. The van der Waals surface area contributed by atoms with E-state index in [0.717, 1.165) is 77.0 Å². The van der Waals surface area contributed by atoms with Gasteiger partial charge >= 0.3 is 17.9 Å². The minimum atomic E-state index is -0.772. The monoisotopic (exact) mass is 887 g/mol. The van der Waals surface area contributed by atoms with E-state index in [9.17, 15) is 14.4 Å². The van der Waals surface area contributed by atoms with Gasteiger partial charge in [-0.2, -0.15) is 0 Å². The molecule has 1 unspecified atom stereocenters. The minimum absolute atomic E-state index is 0.0726. The molecule has 0 N–H and O–H groups in total. The Kier molecular flexibility index (Phi) is 50.8. The van der Waals surface area contributed by atoms with Crippen LogP contribution in [0.3, 0.4) is 0 Å². The van der Waals surface area contributed by atoms with Gasteiger partial charge in [-0.15, -0.1) is 0 Å². The van der Waals surface area contributed by atoms with Gasteiger partial charge in [-0.25, -0.2) is 0 Å². The van der Waals surface area contributed by atoms with Gasteiger partial charge in [0, 0.05) is 19.3 Å². The maximum absolute atomic E-state index is 12.8. The summed E-state index contributed by atoms with van der Waals surface area (Å²) in [4.78, 5) is 37.9. The average molecular weight is 887 g/mol. The summed E-state index contributed by atoms with van der Waals surface area (Å²) in [6.45, 7) is 6.61. The molecule has 63 heavy (non-hydrogen) atoms. The number of carbonyl (C=O) groups excluding carboxylic acids is 3. The number of rotatable bonds is 51. The zero-order valence-electron chi connectivity index (χ0n) is 42.4. The van der Waals surface area contributed by atoms with E-state index in [4.69, 9.17) is 14.2 Å². The van der Waals surface area contributed by atoms with Crippen molar-refractivity contribution in [1.29, 1.82) is 0 Å². The zero-order chi connectivity index (χ0) is 45.8. The van der Waals surface area contributed by atoms with E-state index in [-0.39, 0.29) is 31.1 Å². The summed E-state index contributed by atoms with van der Waals surface area (Å²) < 4.78 is 16.8. The van der Waals surface area contributed by atoms with E-state index in [2.05, 4.69) is 45.1 Å². The standard InChI is InChI=1S/C57H106O6/c1-4-7-10-13-16-18-20-22-24-26-27-28-29-30-31-33-34-36-38-41-44-47-50-56(59)62-53-54(52-61-55(58)49-46-43-40-15-12-9-6-3)63-57(60)51-48-45-42-39-37-35-32-25-23-21-19-17-14-11-8-5-2/h19,21,25,32,54H,4-18,20,22-24,26-31,33-53H2,1-3H3/b21-19-,32-25-. The fourth-order valence-electron chi connectivity index (χ4n) is 8.24. The lowest BCUT2D eigenvalue weighted by atomic mass is 10.0. The second-order valence-corrected chi connectivity index (χ2v) is 18.9. The van der Waals surface area contributed by atoms with Crippen molar-refractivity contribution < 1.29 is 28.6 Å². The highest BCUT2D eigenvalue weighted by atomic mass is 16.6. The van der Waals surface area contributed by atoms with E-state index in [1.165, 1.54) is 186 Å². The van der Waals surface area contributed by atoms with Crippen molar-refractivity contribution in [2.24, 2.45) is 0 Å². The molecule has 0 radical (unpaired) electrons. The van der Waals surface area contributed by atoms with Gasteiger partial charge in [0.2, 0.25) is 0 Å². The first-order valence-corrected chi connectivity index (χ1v) is 27.8. The van der Waals surface area contributed by atoms with Crippen LogP contribution in [0.25, 0.3) is 0 Å². The van der Waals surface area contributed by atoms with Gasteiger partial charge in [0.15, 0.2) is 6.10 Å². The molecule has 0 rings (SSSR count). The van der Waals surface area contributed by atoms with E-state index in [1.807, 2.05) is 0 Å². The predicted octanol–water partition coefficient (Wildman–Crippen LogP) is 18.3. The molecule has 0 aromatic heterocycles. The Morgan fingerprint density at radius 3 is 0.889 bits per heavy atom. The molecule has 0 aromatic rings. The van der Waals surface area contributed by atoms with E-state index in [1.54, 1.807) is 0 Å². The van der Waals surface area contributed by atoms with Crippen LogP contribution in [0.1, 0.15) is 303 Å². The van der Waals surface area contributed by atoms with Gasteiger partial charge in [-0.1, -0.05) is 257 Å². The molecule has 370 valence electrons. The van der Waals surface area contributed by atoms with Crippen molar-refractivity contribution in [3.8, 4) is 0 Å². The molecule has 1 atom stereocenters. The van der Waals surface area contributed by atoms with Crippen molar-refractivity contribution >= 4 is 17.9 Å². The maximum atomic E-state index is 12.8. The summed E-state index contributed by atoms with van der Waals surface area (Å²) >= 11 is 0. The lowest BCUT2D eigenvalue weighted by Gasteiger charge is -2.18. The van der Waals surface area contributed by atoms with Crippen LogP contribution in [0.4, 0.5) is 0 Å². The molecule has 0 aromatic carbocycles. The van der Waals surface area contributed by atoms with Gasteiger partial charge in [0.1, 0.15) is 13.2 Å². The molecule has 0 aliphatic rings. The quantitative estimate of drug-likeness (QED) is 0.0262. The van der Waals surface area contributed by atoms with Crippen molar-refractivity contribution in [3.05, 3.63) is 24.3 Å². The van der Waals surface area contributed by atoms with Crippen molar-refractivity contribution in [3.63, 3.8) is 0 Å². The largest absolute Gasteiger partial charge is 0.462 e. The van der Waals surface area contributed by atoms with E-state index >= 15 is 0 Å². The molecular weight excluding hydrogens is 781 g/mol. The number of carbonyl (C=O) groups is 3. The highest BCUT2D eigenvalue weighted by Gasteiger charge is 2.19. The summed E-state index contributed by atoms with van der Waals surface area (Å²) in [5.74, 6) is -0.877. The Hall–Kier alpha value is -2.11. The average Bonchev–Trinajstić information content (AvgIpc) is 3.28. The van der Waals surface area contributed by atoms with E-state index < -0.39 is 6.10 Å². The fraction of sp³-hybridized carbons (Fsp3) is 0.877. The number of allylic oxidation sites excluding steroid dienone is 4. The molecule has 6 nitrogen and oxygen atoms in total. The second kappa shape index (κ2) is 52.5. The first kappa shape index (κ1) is 60.9. The summed E-state index contributed by atoms with van der Waals surface area (Å²) in [6, 6.07) is 0. The van der Waals surface area contributed by atoms with Gasteiger partial charge in [-0.05, 0) is 51.4 Å². The minimum Gasteiger partial charge on any atom is -0.462 e. The highest BCUT2D eigenvalue weighted by molar-refractivity contribution is 5.71. The number of hydrogen-bond acceptors (Lipinski definition) is 6. The SMILES string of the molecule is CCCCCC/C=C\C/C=C\CCCCCCCC(=O)OC(COC(=O)CCCCCCCCC)COC(=O)CCCCCCCCCCCCCCCCCCCCCCCC. The maximum Gasteiger partial charge on any atom is 0.306 e. The molecule has 0 aliphatic carbocycles. The first-order valence-electron chi connectivity index (χ1n) is 27.8. The third-order valence-electron chi connectivity index (χ3n) is 12.5. The normalized spacial score (nSPS) is 12.1. The molecule has 0 heterocycles. The Balaban J connectivity index is 4.15. The van der Waals surface area contributed by atoms with Crippen LogP contribution in [-0.4, -0.2) is 37.2 Å². The summed E-state index contributed by atoms with van der Waals surface area (Å²) in [5.41, 5.74) is 0. The third-order valence-corrected chi connectivity index (χ3v) is 12.5. The zero-order valence-corrected chi connectivity index (χ0v) is 42.4. The molecule has 0 spiro atoms. The van der Waals surface area contributed by atoms with Crippen LogP contribution in [0.2, 0.25) is 0 Å². The van der Waals surface area contributed by atoms with Crippen LogP contribution in [0.5, 0.6) is 0 Å². The van der Waals surface area contributed by atoms with Crippen LogP contribution in [0, 0.1) is 0 Å². The molecule has 0 aliphatic heterocycles. The number of ether oxygens (including phenoxy) is 3. The number of hydrogen-bond donors (Lipinski definition) is 0. The Bertz CT molecular complexity index is 1020. The Morgan fingerprint density at radius 1 is 0.317 bits per heavy atom. The van der Waals surface area contributed by atoms with Crippen molar-refractivity contribution in [1.82, 2.24) is 0 Å². The fourth-order valence-corrected chi connectivity index (χ4v) is 8.24. The van der Waals surface area contributed by atoms with Crippen molar-refractivity contribution in [2.45, 2.75) is 309 Å². The predicted molar refractivity (Wildman–Crippen MR) is 270 cm³/mol. The van der Waals surface area contributed by atoms with Gasteiger partial charge in [0.25, 0.3) is 0 Å². The molecule has 0 saturated heterocycles. The van der Waals surface area contributed by atoms with E-state index in [0.29, 0.717) is 19.3 Å². The highest BCUT2D eigenvalue weighted by Crippen LogP contribution is 2.17. The number of unbranched alkanes of at least 4 members (excludes halogenated alkanes) is 36. The summed E-state index contributed by atoms with van der Waals surface area (Å²) in [7, 11) is 0. The number of esters is 3. The van der Waals surface area contributed by atoms with Gasteiger partial charge in [0.05, 0.1) is 0 Å².